The SMILES string of the molecule is O=C(CCc1ccc(O)c(OC2CCCC2)c1)CC(=O)[C@@H]1C(C[N-]c2ccc[nH]2)=Cc2[n-]ccc2[C@H]1CCCCc1cccc(O)c1. The molecule has 8 heteroatoms. The number of aromatic nitrogens is 2. The fourth-order valence-corrected chi connectivity index (χ4v) is 7.06. The van der Waals surface area contributed by atoms with Crippen molar-refractivity contribution in [1.29, 1.82) is 0 Å². The summed E-state index contributed by atoms with van der Waals surface area (Å²) in [5, 5.41) is 24.9. The van der Waals surface area contributed by atoms with Crippen LogP contribution < -0.4 is 9.72 Å². The van der Waals surface area contributed by atoms with Crippen molar-refractivity contribution in [3.8, 4) is 17.2 Å². The van der Waals surface area contributed by atoms with Gasteiger partial charge in [-0.05, 0) is 99.2 Å². The number of carbonyl (C=O) groups is 2. The van der Waals surface area contributed by atoms with Crippen molar-refractivity contribution in [1.82, 2.24) is 9.97 Å². The maximum atomic E-state index is 14.1. The first kappa shape index (κ1) is 32.2. The molecule has 246 valence electrons. The normalized spacial score (nSPS) is 17.7. The molecule has 2 aromatic heterocycles. The van der Waals surface area contributed by atoms with Gasteiger partial charge in [0.15, 0.2) is 11.5 Å². The molecule has 3 N–H and O–H groups in total. The van der Waals surface area contributed by atoms with Crippen LogP contribution in [-0.2, 0) is 22.4 Å². The maximum Gasteiger partial charge on any atom is 0.161 e. The van der Waals surface area contributed by atoms with E-state index in [1.165, 1.54) is 0 Å². The Morgan fingerprint density at radius 1 is 0.957 bits per heavy atom. The number of aromatic amines is 1. The quantitative estimate of drug-likeness (QED) is 0.0845. The van der Waals surface area contributed by atoms with E-state index in [1.807, 2.05) is 54.7 Å². The number of Topliss-reactive ketones (excluding diaryl/α,β-unsaturated/α-hetero) is 2. The van der Waals surface area contributed by atoms with Gasteiger partial charge in [0, 0.05) is 12.3 Å². The number of H-pyrrole nitrogens is 1. The highest BCUT2D eigenvalue weighted by atomic mass is 16.5. The van der Waals surface area contributed by atoms with Crippen molar-refractivity contribution in [2.24, 2.45) is 5.92 Å². The van der Waals surface area contributed by atoms with Crippen LogP contribution in [0.1, 0.15) is 86.1 Å². The third kappa shape index (κ3) is 8.36. The average Bonchev–Trinajstić information content (AvgIpc) is 3.86. The number of benzene rings is 2. The van der Waals surface area contributed by atoms with E-state index in [0.29, 0.717) is 18.7 Å². The van der Waals surface area contributed by atoms with E-state index >= 15 is 0 Å². The molecular weight excluding hydrogens is 590 g/mol. The van der Waals surface area contributed by atoms with Gasteiger partial charge in [0.2, 0.25) is 0 Å². The Labute approximate surface area is 276 Å². The van der Waals surface area contributed by atoms with E-state index in [9.17, 15) is 19.8 Å². The van der Waals surface area contributed by atoms with Crippen LogP contribution in [0.5, 0.6) is 17.2 Å². The third-order valence-electron chi connectivity index (χ3n) is 9.47. The van der Waals surface area contributed by atoms with Gasteiger partial charge < -0.3 is 30.2 Å². The second-order valence-electron chi connectivity index (χ2n) is 12.9. The number of unbranched alkanes of at least 4 members (excludes halogenated alkanes) is 1. The van der Waals surface area contributed by atoms with Gasteiger partial charge in [-0.25, -0.2) is 0 Å². The van der Waals surface area contributed by atoms with E-state index in [0.717, 1.165) is 85.1 Å². The molecule has 2 aliphatic rings. The molecule has 8 nitrogen and oxygen atoms in total. The number of ether oxygens (including phenoxy) is 1. The topological polar surface area (TPSA) is 128 Å². The predicted molar refractivity (Wildman–Crippen MR) is 182 cm³/mol. The number of aryl methyl sites for hydroxylation is 2. The van der Waals surface area contributed by atoms with Gasteiger partial charge in [-0.3, -0.25) is 9.59 Å². The number of phenols is 2. The minimum Gasteiger partial charge on any atom is -0.664 e. The summed E-state index contributed by atoms with van der Waals surface area (Å²) in [6, 6.07) is 18.4. The van der Waals surface area contributed by atoms with Crippen LogP contribution in [0.2, 0.25) is 0 Å². The molecule has 2 aromatic carbocycles. The number of aromatic hydroxyl groups is 2. The van der Waals surface area contributed by atoms with Crippen molar-refractivity contribution < 1.29 is 24.5 Å². The molecule has 0 amide bonds. The summed E-state index contributed by atoms with van der Waals surface area (Å²) in [4.78, 5) is 35.1. The van der Waals surface area contributed by atoms with Gasteiger partial charge in [0.05, 0.1) is 12.5 Å². The van der Waals surface area contributed by atoms with Crippen LogP contribution in [0.25, 0.3) is 11.4 Å². The second-order valence-corrected chi connectivity index (χ2v) is 12.9. The average molecular weight is 634 g/mol. The Kier molecular flexibility index (Phi) is 10.5. The summed E-state index contributed by atoms with van der Waals surface area (Å²) >= 11 is 0. The number of nitrogens with one attached hydrogen (secondary N) is 1. The second kappa shape index (κ2) is 15.2. The molecule has 0 unspecified atom stereocenters. The molecule has 2 aliphatic carbocycles. The van der Waals surface area contributed by atoms with Gasteiger partial charge in [-0.15, -0.1) is 5.69 Å². The summed E-state index contributed by atoms with van der Waals surface area (Å²) < 4.78 is 6.04. The number of hydrogen-bond donors (Lipinski definition) is 3. The van der Waals surface area contributed by atoms with Crippen LogP contribution in [0.4, 0.5) is 5.82 Å². The Bertz CT molecular complexity index is 1680. The Balaban J connectivity index is 1.13. The first-order valence-corrected chi connectivity index (χ1v) is 16.9. The summed E-state index contributed by atoms with van der Waals surface area (Å²) in [7, 11) is 0. The van der Waals surface area contributed by atoms with E-state index < -0.39 is 5.92 Å². The third-order valence-corrected chi connectivity index (χ3v) is 9.47. The lowest BCUT2D eigenvalue weighted by Gasteiger charge is -2.36. The summed E-state index contributed by atoms with van der Waals surface area (Å²) in [5.41, 5.74) is 4.79. The minimum absolute atomic E-state index is 0.0799. The molecule has 0 saturated heterocycles. The lowest BCUT2D eigenvalue weighted by Crippen LogP contribution is -2.30. The molecule has 2 atom stereocenters. The minimum atomic E-state index is -0.463. The fourth-order valence-electron chi connectivity index (χ4n) is 7.06. The molecule has 0 radical (unpaired) electrons. The number of carbonyl (C=O) groups excluding carboxylic acids is 2. The van der Waals surface area contributed by atoms with Crippen molar-refractivity contribution in [3.05, 3.63) is 106 Å². The number of rotatable bonds is 16. The number of ketones is 2. The van der Waals surface area contributed by atoms with E-state index in [2.05, 4.69) is 9.97 Å². The van der Waals surface area contributed by atoms with Gasteiger partial charge in [0.1, 0.15) is 17.3 Å². The van der Waals surface area contributed by atoms with Crippen molar-refractivity contribution >= 4 is 23.5 Å². The Morgan fingerprint density at radius 3 is 2.62 bits per heavy atom. The first-order chi connectivity index (χ1) is 22.9. The number of fused-ring (bicyclic) bond motifs is 1. The molecule has 2 heterocycles. The fraction of sp³-hybridized carbons (Fsp3) is 0.385. The van der Waals surface area contributed by atoms with Gasteiger partial charge in [0.25, 0.3) is 0 Å². The molecule has 0 bridgehead atoms. The Hall–Kier alpha value is -4.72. The zero-order chi connectivity index (χ0) is 32.6. The largest absolute Gasteiger partial charge is 0.664 e. The summed E-state index contributed by atoms with van der Waals surface area (Å²) in [5.74, 6) is 0.839. The number of hydrogen-bond acceptors (Lipinski definition) is 5. The molecule has 1 saturated carbocycles. The first-order valence-electron chi connectivity index (χ1n) is 16.9. The summed E-state index contributed by atoms with van der Waals surface area (Å²) in [6.45, 7) is 0.342. The van der Waals surface area contributed by atoms with Crippen molar-refractivity contribution in [2.45, 2.75) is 82.7 Å². The standard InChI is InChI=1S/C39H43N3O5/c43-29-9-5-8-26(21-29)7-1-4-12-33-32-18-20-40-34(32)23-28(25-42-38-13-6-19-41-38)39(33)36(46)24-30(44)16-14-27-15-17-35(45)37(22-27)47-31-10-2-3-11-31/h5-6,8-9,13,15,17-23,31,33,39,41,43,45H,1-4,7,10-12,14,16,24-25H2/q-2/t33-,39-/m1/s1. The van der Waals surface area contributed by atoms with Crippen LogP contribution in [-0.4, -0.2) is 39.4 Å². The zero-order valence-electron chi connectivity index (χ0n) is 26.7. The molecule has 6 rings (SSSR count). The van der Waals surface area contributed by atoms with Crippen molar-refractivity contribution in [3.63, 3.8) is 0 Å². The van der Waals surface area contributed by atoms with Gasteiger partial charge in [-0.2, -0.15) is 6.20 Å². The van der Waals surface area contributed by atoms with Crippen LogP contribution in [0.15, 0.2) is 78.6 Å². The molecule has 1 fully saturated rings. The number of nitrogens with zero attached hydrogens (tertiary/aromatic N) is 2. The monoisotopic (exact) mass is 633 g/mol. The zero-order valence-corrected chi connectivity index (χ0v) is 26.7. The molecular formula is C39H43N3O5-2. The van der Waals surface area contributed by atoms with Gasteiger partial charge >= 0.3 is 0 Å². The highest BCUT2D eigenvalue weighted by Crippen LogP contribution is 2.43. The highest BCUT2D eigenvalue weighted by molar-refractivity contribution is 6.02. The maximum absolute atomic E-state index is 14.1. The van der Waals surface area contributed by atoms with E-state index in [4.69, 9.17) is 10.1 Å². The van der Waals surface area contributed by atoms with Gasteiger partial charge in [-0.1, -0.05) is 72.0 Å². The Morgan fingerprint density at radius 2 is 1.81 bits per heavy atom. The highest BCUT2D eigenvalue weighted by Gasteiger charge is 2.35. The van der Waals surface area contributed by atoms with E-state index in [-0.39, 0.29) is 47.9 Å². The smallest absolute Gasteiger partial charge is 0.161 e. The van der Waals surface area contributed by atoms with Crippen molar-refractivity contribution in [2.75, 3.05) is 6.54 Å². The van der Waals surface area contributed by atoms with E-state index in [1.54, 1.807) is 24.4 Å². The summed E-state index contributed by atoms with van der Waals surface area (Å²) in [6.07, 6.45) is 13.9. The molecule has 0 aliphatic heterocycles. The lowest BCUT2D eigenvalue weighted by atomic mass is 9.71. The molecule has 4 aromatic rings. The predicted octanol–water partition coefficient (Wildman–Crippen LogP) is 8.08. The molecule has 47 heavy (non-hydrogen) atoms. The lowest BCUT2D eigenvalue weighted by molar-refractivity contribution is -0.129. The van der Waals surface area contributed by atoms with Crippen LogP contribution in [0.3, 0.4) is 0 Å². The molecule has 0 spiro atoms. The number of phenolic OH excluding ortho intramolecular Hbond substituents is 2. The van der Waals surface area contributed by atoms with Crippen LogP contribution in [0, 0.1) is 5.92 Å². The van der Waals surface area contributed by atoms with Crippen LogP contribution >= 0.6 is 0 Å².